The number of nitrogens with one attached hydrogen (secondary N) is 1. The predicted octanol–water partition coefficient (Wildman–Crippen LogP) is 1.23. The summed E-state index contributed by atoms with van der Waals surface area (Å²) >= 11 is 0. The Morgan fingerprint density at radius 1 is 1.45 bits per heavy atom. The van der Waals surface area contributed by atoms with Gasteiger partial charge in [0.2, 0.25) is 10.0 Å². The number of rotatable bonds is 6. The van der Waals surface area contributed by atoms with E-state index in [9.17, 15) is 12.8 Å². The van der Waals surface area contributed by atoms with Crippen LogP contribution in [0, 0.1) is 18.7 Å². The molecular weight excluding hydrogens is 309 g/mol. The summed E-state index contributed by atoms with van der Waals surface area (Å²) in [6.45, 7) is 3.48. The molecule has 22 heavy (non-hydrogen) atoms. The lowest BCUT2D eigenvalue weighted by atomic mass is 10.2. The van der Waals surface area contributed by atoms with Gasteiger partial charge in [-0.25, -0.2) is 22.2 Å². The summed E-state index contributed by atoms with van der Waals surface area (Å²) in [7, 11) is -3.81. The summed E-state index contributed by atoms with van der Waals surface area (Å²) in [5, 5.41) is 12.9. The molecule has 0 amide bonds. The molecule has 0 saturated carbocycles. The first kappa shape index (κ1) is 16.6. The van der Waals surface area contributed by atoms with E-state index in [1.807, 2.05) is 6.92 Å². The first-order chi connectivity index (χ1) is 10.3. The standard InChI is InChI=1S/C14H18FN3O3S/c1-10-6-16-18(8-10)14-4-3-12(5-13(14)15)22(20,21)17-7-11(2)9-19/h3-6,8,11,17,19H,7,9H2,1-2H3. The number of hydrogen-bond acceptors (Lipinski definition) is 4. The third-order valence-corrected chi connectivity index (χ3v) is 4.54. The van der Waals surface area contributed by atoms with Gasteiger partial charge in [0.15, 0.2) is 0 Å². The predicted molar refractivity (Wildman–Crippen MR) is 79.7 cm³/mol. The van der Waals surface area contributed by atoms with E-state index in [4.69, 9.17) is 5.11 Å². The van der Waals surface area contributed by atoms with Gasteiger partial charge in [0.25, 0.3) is 0 Å². The molecule has 0 aliphatic heterocycles. The highest BCUT2D eigenvalue weighted by Crippen LogP contribution is 2.18. The van der Waals surface area contributed by atoms with E-state index < -0.39 is 15.8 Å². The first-order valence-electron chi connectivity index (χ1n) is 6.75. The molecule has 2 N–H and O–H groups in total. The number of aliphatic hydroxyl groups excluding tert-OH is 1. The van der Waals surface area contributed by atoms with Crippen molar-refractivity contribution in [2.24, 2.45) is 5.92 Å². The van der Waals surface area contributed by atoms with Gasteiger partial charge in [-0.3, -0.25) is 0 Å². The van der Waals surface area contributed by atoms with Crippen LogP contribution in [0.4, 0.5) is 4.39 Å². The van der Waals surface area contributed by atoms with E-state index >= 15 is 0 Å². The smallest absolute Gasteiger partial charge is 0.240 e. The van der Waals surface area contributed by atoms with Gasteiger partial charge in [0, 0.05) is 19.3 Å². The molecular formula is C14H18FN3O3S. The van der Waals surface area contributed by atoms with Crippen LogP contribution in [0.1, 0.15) is 12.5 Å². The fraction of sp³-hybridized carbons (Fsp3) is 0.357. The molecule has 0 spiro atoms. The normalized spacial score (nSPS) is 13.3. The molecule has 0 bridgehead atoms. The van der Waals surface area contributed by atoms with E-state index in [1.54, 1.807) is 19.3 Å². The van der Waals surface area contributed by atoms with Crippen molar-refractivity contribution in [2.75, 3.05) is 13.2 Å². The molecule has 8 heteroatoms. The Morgan fingerprint density at radius 2 is 2.18 bits per heavy atom. The van der Waals surface area contributed by atoms with Crippen LogP contribution in [-0.4, -0.2) is 36.5 Å². The second-order valence-electron chi connectivity index (χ2n) is 5.22. The van der Waals surface area contributed by atoms with Crippen molar-refractivity contribution in [1.29, 1.82) is 0 Å². The van der Waals surface area contributed by atoms with E-state index in [-0.39, 0.29) is 29.7 Å². The Balaban J connectivity index is 2.25. The zero-order valence-corrected chi connectivity index (χ0v) is 13.1. The quantitative estimate of drug-likeness (QED) is 0.836. The van der Waals surface area contributed by atoms with Crippen molar-refractivity contribution in [3.05, 3.63) is 42.0 Å². The van der Waals surface area contributed by atoms with E-state index in [1.165, 1.54) is 16.8 Å². The molecule has 6 nitrogen and oxygen atoms in total. The van der Waals surface area contributed by atoms with Crippen molar-refractivity contribution in [1.82, 2.24) is 14.5 Å². The summed E-state index contributed by atoms with van der Waals surface area (Å²) in [4.78, 5) is -0.164. The average molecular weight is 327 g/mol. The van der Waals surface area contributed by atoms with Gasteiger partial charge in [0.1, 0.15) is 11.5 Å². The third kappa shape index (κ3) is 3.70. The molecule has 2 aromatic rings. The lowest BCUT2D eigenvalue weighted by Crippen LogP contribution is -2.29. The third-order valence-electron chi connectivity index (χ3n) is 3.12. The monoisotopic (exact) mass is 327 g/mol. The number of aromatic nitrogens is 2. The Kier molecular flexibility index (Phi) is 4.94. The van der Waals surface area contributed by atoms with Gasteiger partial charge in [0.05, 0.1) is 11.1 Å². The minimum absolute atomic E-state index is 0.0839. The molecule has 0 radical (unpaired) electrons. The summed E-state index contributed by atoms with van der Waals surface area (Å²) in [5.74, 6) is -0.896. The Labute approximate surface area is 128 Å². The van der Waals surface area contributed by atoms with Crippen LogP contribution in [0.15, 0.2) is 35.5 Å². The zero-order chi connectivity index (χ0) is 16.3. The maximum Gasteiger partial charge on any atom is 0.240 e. The number of hydrogen-bond donors (Lipinski definition) is 2. The maximum absolute atomic E-state index is 14.1. The van der Waals surface area contributed by atoms with E-state index in [0.29, 0.717) is 0 Å². The number of halogens is 1. The summed E-state index contributed by atoms with van der Waals surface area (Å²) in [6.07, 6.45) is 3.23. The fourth-order valence-corrected chi connectivity index (χ4v) is 2.96. The second kappa shape index (κ2) is 6.55. The highest BCUT2D eigenvalue weighted by molar-refractivity contribution is 7.89. The summed E-state index contributed by atoms with van der Waals surface area (Å²) in [6, 6.07) is 3.64. The Bertz CT molecular complexity index is 758. The second-order valence-corrected chi connectivity index (χ2v) is 6.98. The minimum atomic E-state index is -3.81. The molecule has 2 rings (SSSR count). The molecule has 1 heterocycles. The maximum atomic E-state index is 14.1. The minimum Gasteiger partial charge on any atom is -0.396 e. The van der Waals surface area contributed by atoms with Crippen molar-refractivity contribution in [2.45, 2.75) is 18.7 Å². The molecule has 0 aliphatic rings. The molecule has 0 fully saturated rings. The fourth-order valence-electron chi connectivity index (χ4n) is 1.78. The van der Waals surface area contributed by atoms with Crippen molar-refractivity contribution >= 4 is 10.0 Å². The highest BCUT2D eigenvalue weighted by Gasteiger charge is 2.17. The van der Waals surface area contributed by atoms with Crippen LogP contribution >= 0.6 is 0 Å². The van der Waals surface area contributed by atoms with Crippen LogP contribution in [0.2, 0.25) is 0 Å². The molecule has 1 aromatic carbocycles. The number of nitrogens with zero attached hydrogens (tertiary/aromatic N) is 2. The molecule has 1 unspecified atom stereocenters. The molecule has 1 atom stereocenters. The largest absolute Gasteiger partial charge is 0.396 e. The molecule has 1 aromatic heterocycles. The van der Waals surface area contributed by atoms with Crippen LogP contribution in [0.3, 0.4) is 0 Å². The molecule has 120 valence electrons. The van der Waals surface area contributed by atoms with Crippen molar-refractivity contribution in [3.8, 4) is 5.69 Å². The Morgan fingerprint density at radius 3 is 2.73 bits per heavy atom. The summed E-state index contributed by atoms with van der Waals surface area (Å²) in [5.41, 5.74) is 1.05. The van der Waals surface area contributed by atoms with Crippen molar-refractivity contribution in [3.63, 3.8) is 0 Å². The average Bonchev–Trinajstić information content (AvgIpc) is 2.91. The number of benzene rings is 1. The van der Waals surface area contributed by atoms with Gasteiger partial charge in [-0.2, -0.15) is 5.10 Å². The van der Waals surface area contributed by atoms with Gasteiger partial charge in [-0.15, -0.1) is 0 Å². The zero-order valence-electron chi connectivity index (χ0n) is 12.3. The van der Waals surface area contributed by atoms with Gasteiger partial charge in [-0.1, -0.05) is 6.92 Å². The lowest BCUT2D eigenvalue weighted by Gasteiger charge is -2.11. The number of aliphatic hydroxyl groups is 1. The van der Waals surface area contributed by atoms with Crippen LogP contribution < -0.4 is 4.72 Å². The van der Waals surface area contributed by atoms with Crippen molar-refractivity contribution < 1.29 is 17.9 Å². The Hall–Kier alpha value is -1.77. The SMILES string of the molecule is Cc1cnn(-c2ccc(S(=O)(=O)NCC(C)CO)cc2F)c1. The van der Waals surface area contributed by atoms with E-state index in [0.717, 1.165) is 11.6 Å². The summed E-state index contributed by atoms with van der Waals surface area (Å²) < 4.78 is 42.0. The van der Waals surface area contributed by atoms with Crippen LogP contribution in [0.5, 0.6) is 0 Å². The molecule has 0 saturated heterocycles. The van der Waals surface area contributed by atoms with Crippen LogP contribution in [0.25, 0.3) is 5.69 Å². The van der Waals surface area contributed by atoms with Gasteiger partial charge < -0.3 is 5.11 Å². The van der Waals surface area contributed by atoms with Gasteiger partial charge >= 0.3 is 0 Å². The van der Waals surface area contributed by atoms with Gasteiger partial charge in [-0.05, 0) is 36.6 Å². The van der Waals surface area contributed by atoms with E-state index in [2.05, 4.69) is 9.82 Å². The van der Waals surface area contributed by atoms with Crippen LogP contribution in [-0.2, 0) is 10.0 Å². The highest BCUT2D eigenvalue weighted by atomic mass is 32.2. The topological polar surface area (TPSA) is 84.2 Å². The molecule has 0 aliphatic carbocycles. The number of sulfonamides is 1. The number of aryl methyl sites for hydroxylation is 1. The lowest BCUT2D eigenvalue weighted by molar-refractivity contribution is 0.238. The first-order valence-corrected chi connectivity index (χ1v) is 8.23.